The quantitative estimate of drug-likeness (QED) is 0.645. The highest BCUT2D eigenvalue weighted by Crippen LogP contribution is 2.19. The van der Waals surface area contributed by atoms with Crippen molar-refractivity contribution < 1.29 is 19.1 Å². The molecule has 0 radical (unpaired) electrons. The van der Waals surface area contributed by atoms with Gasteiger partial charge in [-0.2, -0.15) is 0 Å². The monoisotopic (exact) mass is 340 g/mol. The lowest BCUT2D eigenvalue weighted by Crippen LogP contribution is -2.43. The number of carboxylic acid groups (broad SMARTS) is 1. The topological polar surface area (TPSA) is 82.2 Å². The molecule has 0 bridgehead atoms. The number of rotatable bonds is 6. The molecule has 1 aromatic heterocycles. The summed E-state index contributed by atoms with van der Waals surface area (Å²) in [5.74, 6) is -2.01. The number of fused-ring (bicyclic) bond motifs is 1. The average molecular weight is 340 g/mol. The number of carboxylic acids is 1. The summed E-state index contributed by atoms with van der Waals surface area (Å²) in [5.41, 5.74) is 2.22. The fraction of sp³-hybridized carbons (Fsp3) is 0.158. The molecule has 0 aliphatic carbocycles. The lowest BCUT2D eigenvalue weighted by atomic mass is 10.0. The molecule has 6 heteroatoms. The normalized spacial score (nSPS) is 12.0. The average Bonchev–Trinajstić information content (AvgIpc) is 2.97. The maximum absolute atomic E-state index is 13.2. The molecule has 0 unspecified atom stereocenters. The lowest BCUT2D eigenvalue weighted by Gasteiger charge is -2.14. The Morgan fingerprint density at radius 1 is 1.16 bits per heavy atom. The van der Waals surface area contributed by atoms with Gasteiger partial charge in [0.25, 0.3) is 0 Å². The smallest absolute Gasteiger partial charge is 0.326 e. The Hall–Kier alpha value is -3.15. The van der Waals surface area contributed by atoms with Crippen molar-refractivity contribution in [3.8, 4) is 0 Å². The Balaban J connectivity index is 1.71. The minimum atomic E-state index is -1.11. The highest BCUT2D eigenvalue weighted by Gasteiger charge is 2.22. The van der Waals surface area contributed by atoms with E-state index in [4.69, 9.17) is 0 Å². The van der Waals surface area contributed by atoms with Gasteiger partial charge >= 0.3 is 5.97 Å². The van der Waals surface area contributed by atoms with Crippen LogP contribution in [-0.4, -0.2) is 28.0 Å². The van der Waals surface area contributed by atoms with Gasteiger partial charge in [0, 0.05) is 23.5 Å². The summed E-state index contributed by atoms with van der Waals surface area (Å²) in [6.45, 7) is 0. The third-order valence-electron chi connectivity index (χ3n) is 3.99. The fourth-order valence-electron chi connectivity index (χ4n) is 2.80. The van der Waals surface area contributed by atoms with E-state index in [1.165, 1.54) is 18.2 Å². The van der Waals surface area contributed by atoms with E-state index in [1.807, 2.05) is 24.3 Å². The molecular weight excluding hydrogens is 323 g/mol. The molecule has 3 rings (SSSR count). The van der Waals surface area contributed by atoms with Crippen molar-refractivity contribution in [2.75, 3.05) is 0 Å². The Bertz CT molecular complexity index is 920. The third kappa shape index (κ3) is 4.03. The summed E-state index contributed by atoms with van der Waals surface area (Å²) in [4.78, 5) is 26.7. The van der Waals surface area contributed by atoms with E-state index in [-0.39, 0.29) is 12.8 Å². The van der Waals surface area contributed by atoms with E-state index in [2.05, 4.69) is 10.3 Å². The maximum Gasteiger partial charge on any atom is 0.326 e. The van der Waals surface area contributed by atoms with Crippen LogP contribution in [0.4, 0.5) is 4.39 Å². The number of benzene rings is 2. The zero-order chi connectivity index (χ0) is 17.8. The van der Waals surface area contributed by atoms with Crippen molar-refractivity contribution in [3.63, 3.8) is 0 Å². The fourth-order valence-corrected chi connectivity index (χ4v) is 2.80. The molecule has 25 heavy (non-hydrogen) atoms. The molecule has 0 fully saturated rings. The van der Waals surface area contributed by atoms with Crippen molar-refractivity contribution in [1.82, 2.24) is 10.3 Å². The highest BCUT2D eigenvalue weighted by atomic mass is 19.1. The predicted octanol–water partition coefficient (Wildman–Crippen LogP) is 2.66. The van der Waals surface area contributed by atoms with Gasteiger partial charge in [0.2, 0.25) is 5.91 Å². The van der Waals surface area contributed by atoms with E-state index < -0.39 is 23.7 Å². The number of aromatic amines is 1. The molecule has 3 N–H and O–H groups in total. The molecule has 0 spiro atoms. The number of H-pyrrole nitrogens is 1. The SMILES string of the molecule is O=C(Cc1cccc(F)c1)N[C@@H](Cc1c[nH]c2ccccc12)C(=O)O. The van der Waals surface area contributed by atoms with E-state index in [0.29, 0.717) is 5.56 Å². The molecule has 1 amide bonds. The minimum absolute atomic E-state index is 0.0740. The van der Waals surface area contributed by atoms with Gasteiger partial charge in [-0.1, -0.05) is 30.3 Å². The first-order chi connectivity index (χ1) is 12.0. The zero-order valence-electron chi connectivity index (χ0n) is 13.3. The van der Waals surface area contributed by atoms with Crippen LogP contribution < -0.4 is 5.32 Å². The van der Waals surface area contributed by atoms with Crippen molar-refractivity contribution in [1.29, 1.82) is 0 Å². The molecule has 1 atom stereocenters. The van der Waals surface area contributed by atoms with E-state index in [1.54, 1.807) is 12.3 Å². The lowest BCUT2D eigenvalue weighted by molar-refractivity contribution is -0.141. The molecule has 0 aliphatic rings. The largest absolute Gasteiger partial charge is 0.480 e. The molecule has 5 nitrogen and oxygen atoms in total. The summed E-state index contributed by atoms with van der Waals surface area (Å²) in [5, 5.41) is 12.9. The van der Waals surface area contributed by atoms with Crippen LogP contribution in [0.3, 0.4) is 0 Å². The summed E-state index contributed by atoms with van der Waals surface area (Å²) in [6.07, 6.45) is 1.84. The van der Waals surface area contributed by atoms with E-state index in [0.717, 1.165) is 16.5 Å². The van der Waals surface area contributed by atoms with Gasteiger partial charge in [-0.3, -0.25) is 4.79 Å². The van der Waals surface area contributed by atoms with Crippen molar-refractivity contribution in [2.24, 2.45) is 0 Å². The second-order valence-electron chi connectivity index (χ2n) is 5.83. The molecule has 0 saturated carbocycles. The Kier molecular flexibility index (Phi) is 4.79. The number of carbonyl (C=O) groups excluding carboxylic acids is 1. The van der Waals surface area contributed by atoms with Crippen LogP contribution >= 0.6 is 0 Å². The van der Waals surface area contributed by atoms with Gasteiger partial charge in [-0.05, 0) is 29.3 Å². The number of aromatic nitrogens is 1. The van der Waals surface area contributed by atoms with Crippen LogP contribution in [0.5, 0.6) is 0 Å². The molecule has 2 aromatic carbocycles. The standard InChI is InChI=1S/C19H17FN2O3/c20-14-5-3-4-12(8-14)9-18(23)22-17(19(24)25)10-13-11-21-16-7-2-1-6-15(13)16/h1-8,11,17,21H,9-10H2,(H,22,23)(H,24,25)/t17-/m0/s1. The van der Waals surface area contributed by atoms with Crippen molar-refractivity contribution in [3.05, 3.63) is 71.7 Å². The highest BCUT2D eigenvalue weighted by molar-refractivity contribution is 5.87. The van der Waals surface area contributed by atoms with Crippen molar-refractivity contribution >= 4 is 22.8 Å². The Labute approximate surface area is 143 Å². The first-order valence-electron chi connectivity index (χ1n) is 7.84. The Morgan fingerprint density at radius 3 is 2.72 bits per heavy atom. The summed E-state index contributed by atoms with van der Waals surface area (Å²) >= 11 is 0. The molecule has 1 heterocycles. The first-order valence-corrected chi connectivity index (χ1v) is 7.84. The summed E-state index contributed by atoms with van der Waals surface area (Å²) in [7, 11) is 0. The van der Waals surface area contributed by atoms with E-state index >= 15 is 0 Å². The molecule has 0 saturated heterocycles. The molecular formula is C19H17FN2O3. The number of nitrogens with one attached hydrogen (secondary N) is 2. The minimum Gasteiger partial charge on any atom is -0.480 e. The number of para-hydroxylation sites is 1. The number of hydrogen-bond donors (Lipinski definition) is 3. The van der Waals surface area contributed by atoms with Crippen LogP contribution in [0.2, 0.25) is 0 Å². The van der Waals surface area contributed by atoms with Crippen LogP contribution in [-0.2, 0) is 22.4 Å². The van der Waals surface area contributed by atoms with Gasteiger partial charge in [-0.25, -0.2) is 9.18 Å². The number of carbonyl (C=O) groups is 2. The number of aliphatic carboxylic acids is 1. The molecule has 0 aliphatic heterocycles. The van der Waals surface area contributed by atoms with Gasteiger partial charge in [0.15, 0.2) is 0 Å². The summed E-state index contributed by atoms with van der Waals surface area (Å²) < 4.78 is 13.2. The van der Waals surface area contributed by atoms with Gasteiger partial charge < -0.3 is 15.4 Å². The van der Waals surface area contributed by atoms with Crippen LogP contribution in [0.25, 0.3) is 10.9 Å². The predicted molar refractivity (Wildman–Crippen MR) is 91.7 cm³/mol. The van der Waals surface area contributed by atoms with Crippen molar-refractivity contribution in [2.45, 2.75) is 18.9 Å². The van der Waals surface area contributed by atoms with Crippen LogP contribution in [0.1, 0.15) is 11.1 Å². The number of amides is 1. The molecule has 3 aromatic rings. The second-order valence-corrected chi connectivity index (χ2v) is 5.83. The first kappa shape index (κ1) is 16.7. The van der Waals surface area contributed by atoms with Crippen LogP contribution in [0.15, 0.2) is 54.7 Å². The van der Waals surface area contributed by atoms with Crippen LogP contribution in [0, 0.1) is 5.82 Å². The second kappa shape index (κ2) is 7.17. The third-order valence-corrected chi connectivity index (χ3v) is 3.99. The Morgan fingerprint density at radius 2 is 1.96 bits per heavy atom. The zero-order valence-corrected chi connectivity index (χ0v) is 13.3. The number of hydrogen-bond acceptors (Lipinski definition) is 2. The summed E-state index contributed by atoms with van der Waals surface area (Å²) in [6, 6.07) is 12.2. The van der Waals surface area contributed by atoms with Gasteiger partial charge in [-0.15, -0.1) is 0 Å². The number of halogens is 1. The maximum atomic E-state index is 13.2. The molecule has 128 valence electrons. The van der Waals surface area contributed by atoms with Gasteiger partial charge in [0.1, 0.15) is 11.9 Å². The van der Waals surface area contributed by atoms with E-state index in [9.17, 15) is 19.1 Å². The van der Waals surface area contributed by atoms with Gasteiger partial charge in [0.05, 0.1) is 6.42 Å².